The van der Waals surface area contributed by atoms with Crippen molar-refractivity contribution in [1.29, 1.82) is 0 Å². The summed E-state index contributed by atoms with van der Waals surface area (Å²) >= 11 is 6.46. The Bertz CT molecular complexity index is 625. The summed E-state index contributed by atoms with van der Waals surface area (Å²) < 4.78 is 10.9. The van der Waals surface area contributed by atoms with Crippen LogP contribution in [0.1, 0.15) is 18.0 Å². The second-order valence-corrected chi connectivity index (χ2v) is 7.55. The third kappa shape index (κ3) is 8.18. The van der Waals surface area contributed by atoms with Crippen LogP contribution in [-0.4, -0.2) is 88.0 Å². The largest absolute Gasteiger partial charge is 0.379 e. The van der Waals surface area contributed by atoms with Gasteiger partial charge in [0, 0.05) is 37.7 Å². The maximum atomic E-state index is 6.46. The van der Waals surface area contributed by atoms with Gasteiger partial charge in [-0.25, -0.2) is 0 Å². The van der Waals surface area contributed by atoms with Crippen molar-refractivity contribution in [3.8, 4) is 0 Å². The van der Waals surface area contributed by atoms with Crippen molar-refractivity contribution in [2.24, 2.45) is 10.7 Å². The van der Waals surface area contributed by atoms with Crippen molar-refractivity contribution in [3.63, 3.8) is 0 Å². The van der Waals surface area contributed by atoms with Crippen molar-refractivity contribution in [3.05, 3.63) is 34.9 Å². The van der Waals surface area contributed by atoms with E-state index in [0.29, 0.717) is 12.5 Å². The monoisotopic (exact) mass is 537 g/mol. The maximum absolute atomic E-state index is 6.46. The molecule has 0 bridgehead atoms. The minimum Gasteiger partial charge on any atom is -0.379 e. The number of nitrogens with zero attached hydrogens (tertiary/aromatic N) is 3. The van der Waals surface area contributed by atoms with Crippen molar-refractivity contribution in [2.75, 3.05) is 72.2 Å². The molecule has 1 unspecified atom stereocenters. The lowest BCUT2D eigenvalue weighted by atomic mass is 10.0. The van der Waals surface area contributed by atoms with E-state index < -0.39 is 0 Å². The molecule has 0 aromatic heterocycles. The molecule has 3 rings (SSSR count). The SMILES string of the molecule is I.NC(=NCC(c1ccccc1Cl)N1CCOCC1)NCCCN1CCOCC1. The first-order valence-corrected chi connectivity index (χ1v) is 10.5. The van der Waals surface area contributed by atoms with E-state index in [9.17, 15) is 0 Å². The van der Waals surface area contributed by atoms with Gasteiger partial charge in [0.2, 0.25) is 0 Å². The Labute approximate surface area is 196 Å². The molecule has 0 amide bonds. The van der Waals surface area contributed by atoms with Gasteiger partial charge in [0.25, 0.3) is 0 Å². The van der Waals surface area contributed by atoms with Gasteiger partial charge in [0.05, 0.1) is 39.0 Å². The van der Waals surface area contributed by atoms with Crippen LogP contribution in [0.4, 0.5) is 0 Å². The van der Waals surface area contributed by atoms with Crippen LogP contribution in [0.3, 0.4) is 0 Å². The summed E-state index contributed by atoms with van der Waals surface area (Å²) in [5, 5.41) is 4.01. The van der Waals surface area contributed by atoms with Gasteiger partial charge in [-0.1, -0.05) is 29.8 Å². The zero-order valence-corrected chi connectivity index (χ0v) is 20.0. The van der Waals surface area contributed by atoms with Crippen LogP contribution >= 0.6 is 35.6 Å². The summed E-state index contributed by atoms with van der Waals surface area (Å²) in [6, 6.07) is 8.08. The fourth-order valence-corrected chi connectivity index (χ4v) is 3.89. The van der Waals surface area contributed by atoms with Crippen LogP contribution in [0.15, 0.2) is 29.3 Å². The molecule has 7 nitrogen and oxygen atoms in total. The molecule has 1 atom stereocenters. The number of morpholine rings is 2. The zero-order valence-electron chi connectivity index (χ0n) is 16.9. The highest BCUT2D eigenvalue weighted by molar-refractivity contribution is 14.0. The molecule has 0 spiro atoms. The number of hydrogen-bond acceptors (Lipinski definition) is 5. The highest BCUT2D eigenvalue weighted by Gasteiger charge is 2.24. The Hall–Kier alpha value is -0.650. The van der Waals surface area contributed by atoms with E-state index in [0.717, 1.165) is 82.7 Å². The molecule has 2 heterocycles. The van der Waals surface area contributed by atoms with Crippen LogP contribution in [0.5, 0.6) is 0 Å². The lowest BCUT2D eigenvalue weighted by molar-refractivity contribution is 0.0180. The molecule has 0 radical (unpaired) electrons. The van der Waals surface area contributed by atoms with Crippen molar-refractivity contribution < 1.29 is 9.47 Å². The van der Waals surface area contributed by atoms with E-state index in [1.54, 1.807) is 0 Å². The average molecular weight is 538 g/mol. The highest BCUT2D eigenvalue weighted by atomic mass is 127. The molecule has 3 N–H and O–H groups in total. The molecular weight excluding hydrogens is 505 g/mol. The quantitative estimate of drug-likeness (QED) is 0.229. The summed E-state index contributed by atoms with van der Waals surface area (Å²) in [6.07, 6.45) is 1.04. The number of rotatable bonds is 8. The number of nitrogens with one attached hydrogen (secondary N) is 1. The van der Waals surface area contributed by atoms with E-state index in [-0.39, 0.29) is 30.0 Å². The molecule has 2 aliphatic rings. The lowest BCUT2D eigenvalue weighted by Gasteiger charge is -2.34. The summed E-state index contributed by atoms with van der Waals surface area (Å²) in [6.45, 7) is 9.37. The van der Waals surface area contributed by atoms with E-state index in [1.807, 2.05) is 18.2 Å². The number of nitrogens with two attached hydrogens (primary N) is 1. The molecule has 0 aliphatic carbocycles. The fraction of sp³-hybridized carbons (Fsp3) is 0.650. The molecule has 0 saturated carbocycles. The number of halogens is 2. The first-order chi connectivity index (χ1) is 13.7. The average Bonchev–Trinajstić information content (AvgIpc) is 2.74. The van der Waals surface area contributed by atoms with Gasteiger partial charge in [-0.2, -0.15) is 0 Å². The fourth-order valence-electron chi connectivity index (χ4n) is 3.63. The highest BCUT2D eigenvalue weighted by Crippen LogP contribution is 2.28. The topological polar surface area (TPSA) is 75.3 Å². The second-order valence-electron chi connectivity index (χ2n) is 7.15. The third-order valence-electron chi connectivity index (χ3n) is 5.25. The maximum Gasteiger partial charge on any atom is 0.188 e. The molecule has 1 aromatic rings. The molecule has 1 aromatic carbocycles. The molecule has 2 fully saturated rings. The summed E-state index contributed by atoms with van der Waals surface area (Å²) in [5.41, 5.74) is 7.21. The number of benzene rings is 1. The Morgan fingerprint density at radius 2 is 1.76 bits per heavy atom. The number of aliphatic imine (C=N–C) groups is 1. The minimum absolute atomic E-state index is 0. The Kier molecular flexibility index (Phi) is 11.6. The van der Waals surface area contributed by atoms with Gasteiger partial charge in [0.1, 0.15) is 0 Å². The van der Waals surface area contributed by atoms with Crippen LogP contribution in [0.2, 0.25) is 5.02 Å². The molecule has 29 heavy (non-hydrogen) atoms. The molecule has 164 valence electrons. The van der Waals surface area contributed by atoms with Crippen LogP contribution in [-0.2, 0) is 9.47 Å². The third-order valence-corrected chi connectivity index (χ3v) is 5.59. The molecule has 2 aliphatic heterocycles. The number of ether oxygens (including phenoxy) is 2. The lowest BCUT2D eigenvalue weighted by Crippen LogP contribution is -2.41. The van der Waals surface area contributed by atoms with Crippen molar-refractivity contribution in [2.45, 2.75) is 12.5 Å². The van der Waals surface area contributed by atoms with Gasteiger partial charge in [-0.3, -0.25) is 14.8 Å². The Morgan fingerprint density at radius 1 is 1.10 bits per heavy atom. The van der Waals surface area contributed by atoms with Gasteiger partial charge in [-0.05, 0) is 24.6 Å². The first-order valence-electron chi connectivity index (χ1n) is 10.1. The second kappa shape index (κ2) is 13.6. The zero-order chi connectivity index (χ0) is 19.6. The predicted octanol–water partition coefficient (Wildman–Crippen LogP) is 1.96. The summed E-state index contributed by atoms with van der Waals surface area (Å²) in [5.74, 6) is 0.493. The van der Waals surface area contributed by atoms with Crippen molar-refractivity contribution >= 4 is 41.5 Å². The molecule has 9 heteroatoms. The van der Waals surface area contributed by atoms with Crippen molar-refractivity contribution in [1.82, 2.24) is 15.1 Å². The Balaban J connectivity index is 0.00000300. The van der Waals surface area contributed by atoms with E-state index in [2.05, 4.69) is 26.2 Å². The van der Waals surface area contributed by atoms with Gasteiger partial charge in [0.15, 0.2) is 5.96 Å². The normalized spacial score (nSPS) is 20.1. The summed E-state index contributed by atoms with van der Waals surface area (Å²) in [7, 11) is 0. The van der Waals surface area contributed by atoms with E-state index in [1.165, 1.54) is 0 Å². The first kappa shape index (κ1) is 24.6. The van der Waals surface area contributed by atoms with E-state index >= 15 is 0 Å². The van der Waals surface area contributed by atoms with Gasteiger partial charge in [-0.15, -0.1) is 24.0 Å². The van der Waals surface area contributed by atoms with Crippen LogP contribution in [0.25, 0.3) is 0 Å². The van der Waals surface area contributed by atoms with Gasteiger partial charge >= 0.3 is 0 Å². The molecule has 2 saturated heterocycles. The smallest absolute Gasteiger partial charge is 0.188 e. The number of guanidine groups is 1. The van der Waals surface area contributed by atoms with Crippen LogP contribution < -0.4 is 11.1 Å². The van der Waals surface area contributed by atoms with Crippen LogP contribution in [0, 0.1) is 0 Å². The minimum atomic E-state index is 0. The van der Waals surface area contributed by atoms with E-state index in [4.69, 9.17) is 26.8 Å². The summed E-state index contributed by atoms with van der Waals surface area (Å²) in [4.78, 5) is 9.41. The number of hydrogen-bond donors (Lipinski definition) is 2. The van der Waals surface area contributed by atoms with Gasteiger partial charge < -0.3 is 20.5 Å². The standard InChI is InChI=1S/C20H32ClN5O2.HI/c21-18-5-2-1-4-17(18)19(26-10-14-28-15-11-26)16-24-20(22)23-6-3-7-25-8-12-27-13-9-25;/h1-2,4-5,19H,3,6-16H2,(H3,22,23,24);1H. The molecular formula is C20H33ClIN5O2. The Morgan fingerprint density at radius 3 is 2.45 bits per heavy atom. The predicted molar refractivity (Wildman–Crippen MR) is 128 cm³/mol.